The van der Waals surface area contributed by atoms with Gasteiger partial charge in [0.05, 0.1) is 7.11 Å². The van der Waals surface area contributed by atoms with Gasteiger partial charge in [0.25, 0.3) is 5.91 Å². The third-order valence-electron chi connectivity index (χ3n) is 4.53. The van der Waals surface area contributed by atoms with E-state index in [-0.39, 0.29) is 25.0 Å². The van der Waals surface area contributed by atoms with Gasteiger partial charge >= 0.3 is 0 Å². The number of rotatable bonds is 10. The smallest absolute Gasteiger partial charge is 0.261 e. The number of hydrogen-bond donors (Lipinski definition) is 1. The molecule has 1 atom stereocenters. The molecule has 0 bridgehead atoms. The lowest BCUT2D eigenvalue weighted by atomic mass is 10.1. The van der Waals surface area contributed by atoms with E-state index >= 15 is 0 Å². The number of nitrogens with zero attached hydrogens (tertiary/aromatic N) is 1. The summed E-state index contributed by atoms with van der Waals surface area (Å²) in [4.78, 5) is 27.0. The molecule has 0 heterocycles. The summed E-state index contributed by atoms with van der Waals surface area (Å²) in [5.41, 5.74) is 0.571. The Labute approximate surface area is 187 Å². The van der Waals surface area contributed by atoms with Crippen molar-refractivity contribution < 1.29 is 19.1 Å². The third kappa shape index (κ3) is 6.28. The highest BCUT2D eigenvalue weighted by Gasteiger charge is 2.27. The van der Waals surface area contributed by atoms with Crippen LogP contribution in [0.1, 0.15) is 25.8 Å². The highest BCUT2D eigenvalue weighted by atomic mass is 35.5. The van der Waals surface area contributed by atoms with E-state index in [2.05, 4.69) is 5.32 Å². The summed E-state index contributed by atoms with van der Waals surface area (Å²) >= 11 is 12.6. The van der Waals surface area contributed by atoms with Gasteiger partial charge < -0.3 is 19.7 Å². The Hall–Kier alpha value is -2.44. The van der Waals surface area contributed by atoms with E-state index in [0.717, 1.165) is 6.42 Å². The molecule has 1 unspecified atom stereocenters. The first kappa shape index (κ1) is 23.8. The molecule has 2 aromatic carbocycles. The van der Waals surface area contributed by atoms with Crippen LogP contribution >= 0.6 is 23.2 Å². The van der Waals surface area contributed by atoms with Crippen molar-refractivity contribution >= 4 is 35.0 Å². The van der Waals surface area contributed by atoms with Crippen LogP contribution < -0.4 is 14.8 Å². The molecule has 0 saturated heterocycles. The number of carbonyl (C=O) groups excluding carboxylic acids is 2. The van der Waals surface area contributed by atoms with Crippen molar-refractivity contribution in [2.24, 2.45) is 0 Å². The number of methoxy groups -OCH3 is 1. The van der Waals surface area contributed by atoms with Crippen LogP contribution in [0.25, 0.3) is 0 Å². The SMILES string of the molecule is CCCNC(=O)C(C)N(Cc1c(Cl)cccc1Cl)C(=O)COc1ccccc1OC. The van der Waals surface area contributed by atoms with Gasteiger partial charge in [0, 0.05) is 28.7 Å². The lowest BCUT2D eigenvalue weighted by molar-refractivity contribution is -0.142. The number of ether oxygens (including phenoxy) is 2. The molecule has 2 amide bonds. The van der Waals surface area contributed by atoms with Crippen LogP contribution in [0.5, 0.6) is 11.5 Å². The average Bonchev–Trinajstić information content (AvgIpc) is 2.75. The van der Waals surface area contributed by atoms with Crippen molar-refractivity contribution in [1.82, 2.24) is 10.2 Å². The molecule has 1 N–H and O–H groups in total. The second-order valence-electron chi connectivity index (χ2n) is 6.63. The molecule has 0 aliphatic heterocycles. The van der Waals surface area contributed by atoms with Crippen molar-refractivity contribution in [3.8, 4) is 11.5 Å². The minimum atomic E-state index is -0.738. The largest absolute Gasteiger partial charge is 0.493 e. The van der Waals surface area contributed by atoms with Gasteiger partial charge in [-0.15, -0.1) is 0 Å². The van der Waals surface area contributed by atoms with Gasteiger partial charge in [-0.3, -0.25) is 9.59 Å². The topological polar surface area (TPSA) is 67.9 Å². The van der Waals surface area contributed by atoms with E-state index in [0.29, 0.717) is 33.7 Å². The Morgan fingerprint density at radius 1 is 1.07 bits per heavy atom. The molecule has 8 heteroatoms. The minimum absolute atomic E-state index is 0.0767. The third-order valence-corrected chi connectivity index (χ3v) is 5.24. The van der Waals surface area contributed by atoms with E-state index in [4.69, 9.17) is 32.7 Å². The Bertz CT molecular complexity index is 856. The molecule has 0 aromatic heterocycles. The minimum Gasteiger partial charge on any atom is -0.493 e. The predicted octanol–water partition coefficient (Wildman–Crippen LogP) is 4.32. The normalized spacial score (nSPS) is 11.5. The number of nitrogens with one attached hydrogen (secondary N) is 1. The second kappa shape index (κ2) is 11.7. The van der Waals surface area contributed by atoms with Crippen molar-refractivity contribution in [3.63, 3.8) is 0 Å². The molecule has 0 aliphatic rings. The summed E-state index contributed by atoms with van der Waals surface area (Å²) in [5, 5.41) is 3.66. The first-order valence-electron chi connectivity index (χ1n) is 9.64. The molecular formula is C22H26Cl2N2O4. The van der Waals surface area contributed by atoms with E-state index in [9.17, 15) is 9.59 Å². The Morgan fingerprint density at radius 3 is 2.30 bits per heavy atom. The Balaban J connectivity index is 2.23. The lowest BCUT2D eigenvalue weighted by Gasteiger charge is -2.29. The van der Waals surface area contributed by atoms with Crippen LogP contribution in [-0.2, 0) is 16.1 Å². The number of para-hydroxylation sites is 2. The fraction of sp³-hybridized carbons (Fsp3) is 0.364. The molecule has 0 aliphatic carbocycles. The second-order valence-corrected chi connectivity index (χ2v) is 7.44. The van der Waals surface area contributed by atoms with Gasteiger partial charge in [-0.1, -0.05) is 48.3 Å². The van der Waals surface area contributed by atoms with E-state index < -0.39 is 6.04 Å². The molecule has 0 radical (unpaired) electrons. The lowest BCUT2D eigenvalue weighted by Crippen LogP contribution is -2.49. The molecule has 0 fully saturated rings. The van der Waals surface area contributed by atoms with Gasteiger partial charge in [0.2, 0.25) is 5.91 Å². The van der Waals surface area contributed by atoms with Crippen LogP contribution in [0.3, 0.4) is 0 Å². The maximum atomic E-state index is 13.1. The highest BCUT2D eigenvalue weighted by Crippen LogP contribution is 2.28. The zero-order valence-electron chi connectivity index (χ0n) is 17.3. The summed E-state index contributed by atoms with van der Waals surface area (Å²) in [7, 11) is 1.52. The van der Waals surface area contributed by atoms with Crippen LogP contribution in [0.2, 0.25) is 10.0 Å². The maximum absolute atomic E-state index is 13.1. The monoisotopic (exact) mass is 452 g/mol. The fourth-order valence-electron chi connectivity index (χ4n) is 2.79. The first-order chi connectivity index (χ1) is 14.4. The van der Waals surface area contributed by atoms with Gasteiger partial charge in [-0.2, -0.15) is 0 Å². The fourth-order valence-corrected chi connectivity index (χ4v) is 3.31. The molecule has 0 saturated carbocycles. The number of halogens is 2. The van der Waals surface area contributed by atoms with Crippen molar-refractivity contribution in [3.05, 3.63) is 58.1 Å². The molecule has 2 rings (SSSR count). The molecule has 30 heavy (non-hydrogen) atoms. The van der Waals surface area contributed by atoms with Gasteiger partial charge in [-0.05, 0) is 37.6 Å². The number of carbonyl (C=O) groups is 2. The predicted molar refractivity (Wildman–Crippen MR) is 118 cm³/mol. The van der Waals surface area contributed by atoms with E-state index in [1.54, 1.807) is 49.4 Å². The number of benzene rings is 2. The van der Waals surface area contributed by atoms with Crippen LogP contribution in [0.4, 0.5) is 0 Å². The average molecular weight is 453 g/mol. The van der Waals surface area contributed by atoms with Crippen LogP contribution in [0.15, 0.2) is 42.5 Å². The number of amides is 2. The van der Waals surface area contributed by atoms with Gasteiger partial charge in [-0.25, -0.2) is 0 Å². The molecule has 2 aromatic rings. The summed E-state index contributed by atoms with van der Waals surface area (Å²) in [6.45, 7) is 3.95. The molecule has 162 valence electrons. The molecule has 0 spiro atoms. The van der Waals surface area contributed by atoms with Crippen LogP contribution in [0, 0.1) is 0 Å². The van der Waals surface area contributed by atoms with E-state index in [1.807, 2.05) is 6.92 Å². The zero-order chi connectivity index (χ0) is 22.1. The van der Waals surface area contributed by atoms with Crippen molar-refractivity contribution in [2.75, 3.05) is 20.3 Å². The Morgan fingerprint density at radius 2 is 1.70 bits per heavy atom. The standard InChI is InChI=1S/C22H26Cl2N2O4/c1-4-12-25-22(28)15(2)26(13-16-17(23)8-7-9-18(16)24)21(27)14-30-20-11-6-5-10-19(20)29-3/h5-11,15H,4,12-14H2,1-3H3,(H,25,28). The van der Waals surface area contributed by atoms with E-state index in [1.165, 1.54) is 12.0 Å². The zero-order valence-corrected chi connectivity index (χ0v) is 18.8. The number of hydrogen-bond acceptors (Lipinski definition) is 4. The molecule has 6 nitrogen and oxygen atoms in total. The summed E-state index contributed by atoms with van der Waals surface area (Å²) in [6, 6.07) is 11.4. The maximum Gasteiger partial charge on any atom is 0.261 e. The van der Waals surface area contributed by atoms with Crippen LogP contribution in [-0.4, -0.2) is 43.0 Å². The van der Waals surface area contributed by atoms with Gasteiger partial charge in [0.15, 0.2) is 18.1 Å². The quantitative estimate of drug-likeness (QED) is 0.582. The Kier molecular flexibility index (Phi) is 9.27. The summed E-state index contributed by atoms with van der Waals surface area (Å²) in [6.07, 6.45) is 0.791. The highest BCUT2D eigenvalue weighted by molar-refractivity contribution is 6.36. The summed E-state index contributed by atoms with van der Waals surface area (Å²) in [5.74, 6) is 0.314. The van der Waals surface area contributed by atoms with Crippen molar-refractivity contribution in [2.45, 2.75) is 32.9 Å². The first-order valence-corrected chi connectivity index (χ1v) is 10.4. The summed E-state index contributed by atoms with van der Waals surface area (Å²) < 4.78 is 10.9. The van der Waals surface area contributed by atoms with Gasteiger partial charge in [0.1, 0.15) is 6.04 Å². The van der Waals surface area contributed by atoms with Crippen molar-refractivity contribution in [1.29, 1.82) is 0 Å². The molecular weight excluding hydrogens is 427 g/mol.